The lowest BCUT2D eigenvalue weighted by Crippen LogP contribution is -2.30. The van der Waals surface area contributed by atoms with Crippen molar-refractivity contribution in [3.05, 3.63) is 111 Å². The fourth-order valence-corrected chi connectivity index (χ4v) is 4.32. The third kappa shape index (κ3) is 3.37. The maximum atomic E-state index is 15.0. The van der Waals surface area contributed by atoms with E-state index in [-0.39, 0.29) is 34.5 Å². The van der Waals surface area contributed by atoms with Crippen molar-refractivity contribution in [1.29, 1.82) is 0 Å². The van der Waals surface area contributed by atoms with Crippen LogP contribution in [0.5, 0.6) is 0 Å². The molecule has 1 aromatic heterocycles. The summed E-state index contributed by atoms with van der Waals surface area (Å²) in [6, 6.07) is 16.3. The molecule has 7 heteroatoms. The van der Waals surface area contributed by atoms with E-state index in [4.69, 9.17) is 9.15 Å². The number of rotatable bonds is 4. The largest absolute Gasteiger partial charge is 0.462 e. The standard InChI is InChI=1S/C27H20FNO5/c1-3-33-27(32)16-9-11-17(12-10-16)29-23(18-6-4-5-7-20(18)28)22-24(30)19-14-15(2)8-13-21(19)34-25(22)26(29)31/h4-14,23H,3H2,1-2H3. The van der Waals surface area contributed by atoms with Gasteiger partial charge in [-0.2, -0.15) is 0 Å². The van der Waals surface area contributed by atoms with Crippen molar-refractivity contribution in [2.24, 2.45) is 0 Å². The SMILES string of the molecule is CCOC(=O)c1ccc(N2C(=O)c3oc4ccc(C)cc4c(=O)c3C2c2ccccc2F)cc1. The Morgan fingerprint density at radius 3 is 2.50 bits per heavy atom. The molecule has 1 aliphatic rings. The van der Waals surface area contributed by atoms with Crippen LogP contribution >= 0.6 is 0 Å². The first kappa shape index (κ1) is 21.6. The maximum Gasteiger partial charge on any atom is 0.338 e. The molecule has 0 radical (unpaired) electrons. The van der Waals surface area contributed by atoms with E-state index in [1.807, 2.05) is 6.92 Å². The fraction of sp³-hybridized carbons (Fsp3) is 0.148. The van der Waals surface area contributed by atoms with Crippen molar-refractivity contribution in [3.63, 3.8) is 0 Å². The summed E-state index contributed by atoms with van der Waals surface area (Å²) in [6.07, 6.45) is 0. The van der Waals surface area contributed by atoms with Crippen molar-refractivity contribution in [2.75, 3.05) is 11.5 Å². The van der Waals surface area contributed by atoms with Gasteiger partial charge in [0, 0.05) is 11.3 Å². The number of carbonyl (C=O) groups excluding carboxylic acids is 2. The van der Waals surface area contributed by atoms with Crippen molar-refractivity contribution >= 4 is 28.5 Å². The highest BCUT2D eigenvalue weighted by Crippen LogP contribution is 2.42. The molecule has 34 heavy (non-hydrogen) atoms. The van der Waals surface area contributed by atoms with Crippen LogP contribution in [0, 0.1) is 12.7 Å². The van der Waals surface area contributed by atoms with E-state index in [2.05, 4.69) is 0 Å². The zero-order chi connectivity index (χ0) is 24.0. The van der Waals surface area contributed by atoms with Gasteiger partial charge >= 0.3 is 5.97 Å². The van der Waals surface area contributed by atoms with Crippen LogP contribution in [0.3, 0.4) is 0 Å². The molecule has 0 fully saturated rings. The molecule has 0 N–H and O–H groups in total. The van der Waals surface area contributed by atoms with Crippen molar-refractivity contribution in [1.82, 2.24) is 0 Å². The number of benzene rings is 3. The highest BCUT2D eigenvalue weighted by molar-refractivity contribution is 6.10. The van der Waals surface area contributed by atoms with Crippen LogP contribution in [-0.2, 0) is 4.74 Å². The third-order valence-electron chi connectivity index (χ3n) is 5.88. The van der Waals surface area contributed by atoms with E-state index in [0.717, 1.165) is 5.56 Å². The smallest absolute Gasteiger partial charge is 0.338 e. The first-order valence-corrected chi connectivity index (χ1v) is 10.8. The normalized spacial score (nSPS) is 15.0. The molecule has 4 aromatic rings. The number of aryl methyl sites for hydroxylation is 1. The van der Waals surface area contributed by atoms with E-state index in [1.54, 1.807) is 55.5 Å². The molecular formula is C27H20FNO5. The number of nitrogens with zero attached hydrogens (tertiary/aromatic N) is 1. The lowest BCUT2D eigenvalue weighted by Gasteiger charge is -2.25. The zero-order valence-corrected chi connectivity index (χ0v) is 18.5. The summed E-state index contributed by atoms with van der Waals surface area (Å²) >= 11 is 0. The molecule has 6 nitrogen and oxygen atoms in total. The molecule has 170 valence electrons. The van der Waals surface area contributed by atoms with E-state index in [1.165, 1.54) is 23.1 Å². The number of halogens is 1. The lowest BCUT2D eigenvalue weighted by molar-refractivity contribution is 0.0526. The summed E-state index contributed by atoms with van der Waals surface area (Å²) in [6.45, 7) is 3.79. The summed E-state index contributed by atoms with van der Waals surface area (Å²) in [4.78, 5) is 40.5. The Bertz CT molecular complexity index is 1510. The van der Waals surface area contributed by atoms with Crippen LogP contribution in [0.25, 0.3) is 11.0 Å². The Kier molecular flexibility index (Phi) is 5.24. The van der Waals surface area contributed by atoms with Crippen LogP contribution in [-0.4, -0.2) is 18.5 Å². The summed E-state index contributed by atoms with van der Waals surface area (Å²) < 4.78 is 25.9. The van der Waals surface area contributed by atoms with Gasteiger partial charge in [-0.05, 0) is 56.3 Å². The minimum absolute atomic E-state index is 0.0858. The first-order chi connectivity index (χ1) is 16.4. The Hall–Kier alpha value is -4.26. The average Bonchev–Trinajstić information content (AvgIpc) is 3.12. The highest BCUT2D eigenvalue weighted by Gasteiger charge is 2.44. The van der Waals surface area contributed by atoms with Crippen LogP contribution in [0.1, 0.15) is 50.6 Å². The molecule has 0 saturated heterocycles. The Balaban J connectivity index is 1.73. The van der Waals surface area contributed by atoms with Gasteiger partial charge < -0.3 is 9.15 Å². The van der Waals surface area contributed by atoms with E-state index in [9.17, 15) is 18.8 Å². The maximum absolute atomic E-state index is 15.0. The van der Waals surface area contributed by atoms with E-state index in [0.29, 0.717) is 16.6 Å². The van der Waals surface area contributed by atoms with Crippen molar-refractivity contribution in [3.8, 4) is 0 Å². The van der Waals surface area contributed by atoms with Gasteiger partial charge in [0.15, 0.2) is 5.43 Å². The first-order valence-electron chi connectivity index (χ1n) is 10.8. The molecule has 0 aliphatic carbocycles. The minimum atomic E-state index is -1.03. The summed E-state index contributed by atoms with van der Waals surface area (Å²) in [5.41, 5.74) is 1.72. The van der Waals surface area contributed by atoms with Crippen molar-refractivity contribution in [2.45, 2.75) is 19.9 Å². The second-order valence-corrected chi connectivity index (χ2v) is 8.04. The van der Waals surface area contributed by atoms with Gasteiger partial charge in [-0.3, -0.25) is 14.5 Å². The number of ether oxygens (including phenoxy) is 1. The summed E-state index contributed by atoms with van der Waals surface area (Å²) in [7, 11) is 0. The summed E-state index contributed by atoms with van der Waals surface area (Å²) in [5, 5.41) is 0.326. The van der Waals surface area contributed by atoms with Gasteiger partial charge in [-0.25, -0.2) is 9.18 Å². The van der Waals surface area contributed by atoms with Gasteiger partial charge in [-0.15, -0.1) is 0 Å². The van der Waals surface area contributed by atoms with Crippen LogP contribution in [0.4, 0.5) is 10.1 Å². The van der Waals surface area contributed by atoms with Crippen LogP contribution < -0.4 is 10.3 Å². The van der Waals surface area contributed by atoms with Gasteiger partial charge in [0.25, 0.3) is 5.91 Å². The van der Waals surface area contributed by atoms with E-state index >= 15 is 0 Å². The molecule has 0 bridgehead atoms. The van der Waals surface area contributed by atoms with Crippen molar-refractivity contribution < 1.29 is 23.1 Å². The molecular weight excluding hydrogens is 437 g/mol. The Morgan fingerprint density at radius 2 is 1.79 bits per heavy atom. The third-order valence-corrected chi connectivity index (χ3v) is 5.88. The molecule has 0 saturated carbocycles. The molecule has 1 atom stereocenters. The quantitative estimate of drug-likeness (QED) is 0.395. The Morgan fingerprint density at radius 1 is 1.06 bits per heavy atom. The number of hydrogen-bond donors (Lipinski definition) is 0. The number of hydrogen-bond acceptors (Lipinski definition) is 5. The van der Waals surface area contributed by atoms with Crippen LogP contribution in [0.15, 0.2) is 75.9 Å². The van der Waals surface area contributed by atoms with Gasteiger partial charge in [-0.1, -0.05) is 29.8 Å². The molecule has 3 aromatic carbocycles. The zero-order valence-electron chi connectivity index (χ0n) is 18.5. The second kappa shape index (κ2) is 8.26. The lowest BCUT2D eigenvalue weighted by atomic mass is 9.97. The number of carbonyl (C=O) groups is 2. The van der Waals surface area contributed by atoms with Crippen LogP contribution in [0.2, 0.25) is 0 Å². The molecule has 2 heterocycles. The molecule has 1 unspecified atom stereocenters. The Labute approximate surface area is 194 Å². The molecule has 0 spiro atoms. The number of fused-ring (bicyclic) bond motifs is 2. The predicted octanol–water partition coefficient (Wildman–Crippen LogP) is 5.17. The number of esters is 1. The van der Waals surface area contributed by atoms with Gasteiger partial charge in [0.05, 0.1) is 29.2 Å². The molecule has 5 rings (SSSR count). The number of anilines is 1. The molecule has 1 amide bonds. The predicted molar refractivity (Wildman–Crippen MR) is 125 cm³/mol. The number of amides is 1. The highest BCUT2D eigenvalue weighted by atomic mass is 19.1. The van der Waals surface area contributed by atoms with E-state index < -0.39 is 23.7 Å². The minimum Gasteiger partial charge on any atom is -0.462 e. The summed E-state index contributed by atoms with van der Waals surface area (Å²) in [5.74, 6) is -1.73. The topological polar surface area (TPSA) is 76.8 Å². The van der Waals surface area contributed by atoms with Gasteiger partial charge in [0.1, 0.15) is 11.4 Å². The van der Waals surface area contributed by atoms with Gasteiger partial charge in [0.2, 0.25) is 5.76 Å². The molecule has 1 aliphatic heterocycles. The monoisotopic (exact) mass is 457 g/mol. The second-order valence-electron chi connectivity index (χ2n) is 8.04. The fourth-order valence-electron chi connectivity index (χ4n) is 4.32. The average molecular weight is 457 g/mol.